The molecule has 2 nitrogen and oxygen atoms in total. The molecule has 1 aliphatic rings. The van der Waals surface area contributed by atoms with Gasteiger partial charge >= 0.3 is 0 Å². The number of rotatable bonds is 5. The van der Waals surface area contributed by atoms with Gasteiger partial charge in [-0.1, -0.05) is 33.1 Å². The summed E-state index contributed by atoms with van der Waals surface area (Å²) in [4.78, 5) is 5.19. The van der Waals surface area contributed by atoms with E-state index < -0.39 is 0 Å². The molecule has 0 saturated carbocycles. The molecular formula is C13H29ClN2. The van der Waals surface area contributed by atoms with Crippen LogP contribution in [0.25, 0.3) is 0 Å². The SMILES string of the molecule is CCN(CC)CCN1CCCCCCC1.Cl. The molecule has 0 aromatic rings. The van der Waals surface area contributed by atoms with E-state index in [1.165, 1.54) is 71.4 Å². The van der Waals surface area contributed by atoms with Gasteiger partial charge < -0.3 is 9.80 Å². The predicted octanol–water partition coefficient (Wildman–Crippen LogP) is 3.02. The first-order valence-electron chi connectivity index (χ1n) is 6.81. The van der Waals surface area contributed by atoms with Crippen molar-refractivity contribution in [1.82, 2.24) is 9.80 Å². The van der Waals surface area contributed by atoms with E-state index in [-0.39, 0.29) is 12.4 Å². The standard InChI is InChI=1S/C13H28N2.ClH/c1-3-14(4-2)12-13-15-10-8-6-5-7-9-11-15;/h3-13H2,1-2H3;1H. The maximum absolute atomic E-state index is 2.66. The Labute approximate surface area is 108 Å². The molecule has 0 radical (unpaired) electrons. The Balaban J connectivity index is 0.00000225. The van der Waals surface area contributed by atoms with Crippen molar-refractivity contribution in [2.75, 3.05) is 39.3 Å². The second-order valence-electron chi connectivity index (χ2n) is 4.64. The lowest BCUT2D eigenvalue weighted by molar-refractivity contribution is 0.201. The number of likely N-dealkylation sites (tertiary alicyclic amines) is 1. The van der Waals surface area contributed by atoms with E-state index in [2.05, 4.69) is 23.6 Å². The Bertz CT molecular complexity index is 141. The van der Waals surface area contributed by atoms with Crippen LogP contribution in [0.4, 0.5) is 0 Å². The Morgan fingerprint density at radius 2 is 1.38 bits per heavy atom. The number of likely N-dealkylation sites (N-methyl/N-ethyl adjacent to an activating group) is 1. The first-order valence-corrected chi connectivity index (χ1v) is 6.81. The van der Waals surface area contributed by atoms with Crippen molar-refractivity contribution in [3.05, 3.63) is 0 Å². The summed E-state index contributed by atoms with van der Waals surface area (Å²) in [5, 5.41) is 0. The lowest BCUT2D eigenvalue weighted by Gasteiger charge is -2.27. The van der Waals surface area contributed by atoms with Gasteiger partial charge in [-0.15, -0.1) is 12.4 Å². The van der Waals surface area contributed by atoms with Crippen molar-refractivity contribution in [3.8, 4) is 0 Å². The van der Waals surface area contributed by atoms with Crippen LogP contribution in [0.2, 0.25) is 0 Å². The Morgan fingerprint density at radius 1 is 0.875 bits per heavy atom. The van der Waals surface area contributed by atoms with Crippen LogP contribution in [0.5, 0.6) is 0 Å². The minimum absolute atomic E-state index is 0. The smallest absolute Gasteiger partial charge is 0.0109 e. The zero-order chi connectivity index (χ0) is 10.9. The van der Waals surface area contributed by atoms with Gasteiger partial charge in [0.1, 0.15) is 0 Å². The third-order valence-electron chi connectivity index (χ3n) is 3.58. The van der Waals surface area contributed by atoms with Crippen LogP contribution in [0.1, 0.15) is 46.0 Å². The van der Waals surface area contributed by atoms with Gasteiger partial charge in [-0.25, -0.2) is 0 Å². The van der Waals surface area contributed by atoms with Gasteiger partial charge in [0.25, 0.3) is 0 Å². The van der Waals surface area contributed by atoms with E-state index in [0.717, 1.165) is 0 Å². The normalized spacial score (nSPS) is 18.9. The zero-order valence-corrected chi connectivity index (χ0v) is 11.9. The number of hydrogen-bond acceptors (Lipinski definition) is 2. The Hall–Kier alpha value is 0.210. The Kier molecular flexibility index (Phi) is 10.5. The highest BCUT2D eigenvalue weighted by molar-refractivity contribution is 5.85. The second kappa shape index (κ2) is 10.4. The summed E-state index contributed by atoms with van der Waals surface area (Å²) in [6.07, 6.45) is 7.18. The van der Waals surface area contributed by atoms with Crippen LogP contribution in [-0.2, 0) is 0 Å². The minimum atomic E-state index is 0. The van der Waals surface area contributed by atoms with Crippen LogP contribution >= 0.6 is 12.4 Å². The number of halogens is 1. The van der Waals surface area contributed by atoms with Crippen LogP contribution in [0.3, 0.4) is 0 Å². The van der Waals surface area contributed by atoms with Crippen LogP contribution in [-0.4, -0.2) is 49.1 Å². The zero-order valence-electron chi connectivity index (χ0n) is 11.1. The summed E-state index contributed by atoms with van der Waals surface area (Å²) < 4.78 is 0. The molecule has 0 aliphatic carbocycles. The van der Waals surface area contributed by atoms with Gasteiger partial charge in [0.15, 0.2) is 0 Å². The molecule has 1 saturated heterocycles. The third kappa shape index (κ3) is 6.72. The largest absolute Gasteiger partial charge is 0.303 e. The predicted molar refractivity (Wildman–Crippen MR) is 74.6 cm³/mol. The van der Waals surface area contributed by atoms with Gasteiger partial charge in [-0.3, -0.25) is 0 Å². The van der Waals surface area contributed by atoms with Crippen LogP contribution in [0.15, 0.2) is 0 Å². The molecule has 0 amide bonds. The van der Waals surface area contributed by atoms with Gasteiger partial charge in [0.2, 0.25) is 0 Å². The van der Waals surface area contributed by atoms with Crippen LogP contribution < -0.4 is 0 Å². The summed E-state index contributed by atoms with van der Waals surface area (Å²) >= 11 is 0. The lowest BCUT2D eigenvalue weighted by atomic mass is 10.1. The molecular weight excluding hydrogens is 220 g/mol. The molecule has 0 spiro atoms. The maximum atomic E-state index is 2.66. The van der Waals surface area contributed by atoms with Crippen molar-refractivity contribution in [2.45, 2.75) is 46.0 Å². The summed E-state index contributed by atoms with van der Waals surface area (Å²) in [5.74, 6) is 0. The maximum Gasteiger partial charge on any atom is 0.0109 e. The first-order chi connectivity index (χ1) is 7.36. The molecule has 0 bridgehead atoms. The quantitative estimate of drug-likeness (QED) is 0.738. The first kappa shape index (κ1) is 16.2. The van der Waals surface area contributed by atoms with E-state index in [4.69, 9.17) is 0 Å². The average molecular weight is 249 g/mol. The summed E-state index contributed by atoms with van der Waals surface area (Å²) in [6, 6.07) is 0. The average Bonchev–Trinajstić information content (AvgIpc) is 2.21. The van der Waals surface area contributed by atoms with E-state index in [1.807, 2.05) is 0 Å². The third-order valence-corrected chi connectivity index (χ3v) is 3.58. The minimum Gasteiger partial charge on any atom is -0.303 e. The molecule has 16 heavy (non-hydrogen) atoms. The highest BCUT2D eigenvalue weighted by Crippen LogP contribution is 2.10. The Morgan fingerprint density at radius 3 is 1.88 bits per heavy atom. The van der Waals surface area contributed by atoms with Crippen molar-refractivity contribution < 1.29 is 0 Å². The highest BCUT2D eigenvalue weighted by atomic mass is 35.5. The highest BCUT2D eigenvalue weighted by Gasteiger charge is 2.08. The van der Waals surface area contributed by atoms with E-state index in [1.54, 1.807) is 0 Å². The molecule has 0 unspecified atom stereocenters. The van der Waals surface area contributed by atoms with Gasteiger partial charge in [0, 0.05) is 13.1 Å². The molecule has 0 aromatic carbocycles. The number of hydrogen-bond donors (Lipinski definition) is 0. The summed E-state index contributed by atoms with van der Waals surface area (Å²) in [7, 11) is 0. The summed E-state index contributed by atoms with van der Waals surface area (Å²) in [6.45, 7) is 12.1. The van der Waals surface area contributed by atoms with Crippen molar-refractivity contribution in [1.29, 1.82) is 0 Å². The molecule has 1 fully saturated rings. The second-order valence-corrected chi connectivity index (χ2v) is 4.64. The number of nitrogens with zero attached hydrogens (tertiary/aromatic N) is 2. The molecule has 0 N–H and O–H groups in total. The van der Waals surface area contributed by atoms with E-state index in [0.29, 0.717) is 0 Å². The van der Waals surface area contributed by atoms with Gasteiger partial charge in [0.05, 0.1) is 0 Å². The topological polar surface area (TPSA) is 6.48 Å². The monoisotopic (exact) mass is 248 g/mol. The fourth-order valence-electron chi connectivity index (χ4n) is 2.36. The molecule has 1 rings (SSSR count). The van der Waals surface area contributed by atoms with Crippen molar-refractivity contribution in [2.24, 2.45) is 0 Å². The molecule has 3 heteroatoms. The van der Waals surface area contributed by atoms with Crippen LogP contribution in [0, 0.1) is 0 Å². The fourth-order valence-corrected chi connectivity index (χ4v) is 2.36. The van der Waals surface area contributed by atoms with Gasteiger partial charge in [-0.2, -0.15) is 0 Å². The summed E-state index contributed by atoms with van der Waals surface area (Å²) in [5.41, 5.74) is 0. The van der Waals surface area contributed by atoms with E-state index >= 15 is 0 Å². The molecule has 98 valence electrons. The van der Waals surface area contributed by atoms with E-state index in [9.17, 15) is 0 Å². The fraction of sp³-hybridized carbons (Fsp3) is 1.00. The lowest BCUT2D eigenvalue weighted by Crippen LogP contribution is -2.36. The van der Waals surface area contributed by atoms with Crippen molar-refractivity contribution >= 4 is 12.4 Å². The molecule has 1 heterocycles. The molecule has 0 atom stereocenters. The molecule has 0 aromatic heterocycles. The molecule has 1 aliphatic heterocycles. The van der Waals surface area contributed by atoms with Gasteiger partial charge in [-0.05, 0) is 39.0 Å². The van der Waals surface area contributed by atoms with Crippen molar-refractivity contribution in [3.63, 3.8) is 0 Å².